The van der Waals surface area contributed by atoms with Crippen molar-refractivity contribution in [2.24, 2.45) is 0 Å². The van der Waals surface area contributed by atoms with Crippen molar-refractivity contribution < 1.29 is 13.9 Å². The lowest BCUT2D eigenvalue weighted by Crippen LogP contribution is -2.20. The number of epoxide rings is 2. The zero-order chi connectivity index (χ0) is 12.5. The summed E-state index contributed by atoms with van der Waals surface area (Å²) in [4.78, 5) is 0. The van der Waals surface area contributed by atoms with Crippen LogP contribution in [0.5, 0.6) is 0 Å². The lowest BCUT2D eigenvalue weighted by molar-refractivity contribution is 0.268. The van der Waals surface area contributed by atoms with Crippen LogP contribution in [0.25, 0.3) is 0 Å². The average molecular weight is 248 g/mol. The molecule has 2 saturated heterocycles. The van der Waals surface area contributed by atoms with E-state index >= 15 is 0 Å². The van der Waals surface area contributed by atoms with Gasteiger partial charge in [0.05, 0.1) is 29.7 Å². The molecule has 0 aromatic carbocycles. The number of hydrogen-bond donors (Lipinski definition) is 0. The zero-order valence-electron chi connectivity index (χ0n) is 11.3. The molecule has 0 unspecified atom stereocenters. The normalized spacial score (nSPS) is 45.7. The van der Waals surface area contributed by atoms with Crippen LogP contribution in [0, 0.1) is 6.92 Å². The molecule has 3 aliphatic rings. The Balaban J connectivity index is 1.71. The van der Waals surface area contributed by atoms with Gasteiger partial charge in [-0.1, -0.05) is 0 Å². The SMILES string of the molecule is Cc1coc2c1C[C@H]1O[C@]1(C)CC[C@@H]1O[C@]1(C)C2. The van der Waals surface area contributed by atoms with Gasteiger partial charge in [0, 0.05) is 12.8 Å². The van der Waals surface area contributed by atoms with Gasteiger partial charge in [-0.2, -0.15) is 0 Å². The van der Waals surface area contributed by atoms with Crippen molar-refractivity contribution in [1.82, 2.24) is 0 Å². The summed E-state index contributed by atoms with van der Waals surface area (Å²) in [6.45, 7) is 6.56. The van der Waals surface area contributed by atoms with Crippen molar-refractivity contribution in [1.29, 1.82) is 0 Å². The van der Waals surface area contributed by atoms with Crippen molar-refractivity contribution in [3.8, 4) is 0 Å². The van der Waals surface area contributed by atoms with Gasteiger partial charge < -0.3 is 13.9 Å². The van der Waals surface area contributed by atoms with Crippen LogP contribution in [0.1, 0.15) is 43.6 Å². The molecule has 2 fully saturated rings. The number of furan rings is 1. The van der Waals surface area contributed by atoms with Crippen LogP contribution in [0.2, 0.25) is 0 Å². The highest BCUT2D eigenvalue weighted by Crippen LogP contribution is 2.50. The highest BCUT2D eigenvalue weighted by molar-refractivity contribution is 5.32. The van der Waals surface area contributed by atoms with E-state index in [-0.39, 0.29) is 11.2 Å². The van der Waals surface area contributed by atoms with Gasteiger partial charge in [0.25, 0.3) is 0 Å². The molecule has 1 aromatic heterocycles. The molecule has 3 nitrogen and oxygen atoms in total. The van der Waals surface area contributed by atoms with E-state index in [0.717, 1.165) is 31.4 Å². The van der Waals surface area contributed by atoms with Gasteiger partial charge in [-0.3, -0.25) is 0 Å². The lowest BCUT2D eigenvalue weighted by Gasteiger charge is -2.11. The monoisotopic (exact) mass is 248 g/mol. The minimum atomic E-state index is -0.00285. The molecule has 2 aliphatic heterocycles. The predicted molar refractivity (Wildman–Crippen MR) is 66.6 cm³/mol. The van der Waals surface area contributed by atoms with Crippen LogP contribution >= 0.6 is 0 Å². The quantitative estimate of drug-likeness (QED) is 0.663. The molecular weight excluding hydrogens is 228 g/mol. The third-order valence-corrected chi connectivity index (χ3v) is 5.07. The summed E-state index contributed by atoms with van der Waals surface area (Å²) < 4.78 is 17.6. The fraction of sp³-hybridized carbons (Fsp3) is 0.733. The second-order valence-corrected chi connectivity index (χ2v) is 6.58. The first-order valence-electron chi connectivity index (χ1n) is 6.92. The van der Waals surface area contributed by atoms with Crippen molar-refractivity contribution >= 4 is 0 Å². The maximum Gasteiger partial charge on any atom is 0.110 e. The van der Waals surface area contributed by atoms with Gasteiger partial charge in [-0.25, -0.2) is 0 Å². The first kappa shape index (κ1) is 11.1. The van der Waals surface area contributed by atoms with Gasteiger partial charge >= 0.3 is 0 Å². The second-order valence-electron chi connectivity index (χ2n) is 6.58. The van der Waals surface area contributed by atoms with E-state index in [1.54, 1.807) is 0 Å². The summed E-state index contributed by atoms with van der Waals surface area (Å²) in [7, 11) is 0. The van der Waals surface area contributed by atoms with Crippen LogP contribution in [-0.2, 0) is 22.3 Å². The molecule has 4 atom stereocenters. The van der Waals surface area contributed by atoms with E-state index in [2.05, 4.69) is 20.8 Å². The van der Waals surface area contributed by atoms with Crippen molar-refractivity contribution in [3.05, 3.63) is 23.2 Å². The Kier molecular flexibility index (Phi) is 1.97. The average Bonchev–Trinajstić information content (AvgIpc) is 3.11. The van der Waals surface area contributed by atoms with Crippen molar-refractivity contribution in [2.75, 3.05) is 0 Å². The third kappa shape index (κ3) is 1.50. The number of rotatable bonds is 0. The van der Waals surface area contributed by atoms with Crippen LogP contribution in [0.15, 0.2) is 10.7 Å². The van der Waals surface area contributed by atoms with E-state index in [0.29, 0.717) is 12.2 Å². The maximum atomic E-state index is 5.92. The first-order valence-corrected chi connectivity index (χ1v) is 6.92. The maximum absolute atomic E-state index is 5.92. The molecule has 4 rings (SSSR count). The van der Waals surface area contributed by atoms with E-state index in [4.69, 9.17) is 13.9 Å². The molecule has 1 aromatic rings. The predicted octanol–water partition coefficient (Wildman–Crippen LogP) is 2.78. The van der Waals surface area contributed by atoms with Crippen LogP contribution < -0.4 is 0 Å². The van der Waals surface area contributed by atoms with Gasteiger partial charge in [0.15, 0.2) is 0 Å². The van der Waals surface area contributed by atoms with E-state index < -0.39 is 0 Å². The standard InChI is InChI=1S/C15H20O3/c1-9-8-16-11-7-15(3)12(17-15)4-5-14(2)13(18-14)6-10(9)11/h8,12-13H,4-7H2,1-3H3/t12-,13+,14+,15+/m0/s1. The molecular formula is C15H20O3. The van der Waals surface area contributed by atoms with Gasteiger partial charge in [-0.05, 0) is 44.7 Å². The van der Waals surface area contributed by atoms with E-state index in [1.807, 2.05) is 6.26 Å². The molecule has 0 saturated carbocycles. The molecule has 0 bridgehead atoms. The Morgan fingerprint density at radius 3 is 2.78 bits per heavy atom. The molecule has 18 heavy (non-hydrogen) atoms. The molecule has 1 aliphatic carbocycles. The second kappa shape index (κ2) is 3.20. The molecule has 0 spiro atoms. The summed E-state index contributed by atoms with van der Waals surface area (Å²) in [5.74, 6) is 1.11. The number of hydrogen-bond acceptors (Lipinski definition) is 3. The lowest BCUT2D eigenvalue weighted by atomic mass is 9.88. The molecule has 0 radical (unpaired) electrons. The topological polar surface area (TPSA) is 38.2 Å². The third-order valence-electron chi connectivity index (χ3n) is 5.07. The van der Waals surface area contributed by atoms with Gasteiger partial charge in [0.2, 0.25) is 0 Å². The molecule has 98 valence electrons. The van der Waals surface area contributed by atoms with E-state index in [1.165, 1.54) is 11.1 Å². The van der Waals surface area contributed by atoms with Gasteiger partial charge in [0.1, 0.15) is 5.76 Å². The van der Waals surface area contributed by atoms with Crippen molar-refractivity contribution in [3.63, 3.8) is 0 Å². The summed E-state index contributed by atoms with van der Waals surface area (Å²) in [5, 5.41) is 0. The van der Waals surface area contributed by atoms with Gasteiger partial charge in [-0.15, -0.1) is 0 Å². The summed E-state index contributed by atoms with van der Waals surface area (Å²) in [6.07, 6.45) is 6.76. The zero-order valence-corrected chi connectivity index (χ0v) is 11.3. The largest absolute Gasteiger partial charge is 0.469 e. The minimum absolute atomic E-state index is 0.00285. The molecule has 3 heterocycles. The highest BCUT2D eigenvalue weighted by atomic mass is 16.6. The minimum Gasteiger partial charge on any atom is -0.469 e. The highest BCUT2D eigenvalue weighted by Gasteiger charge is 2.58. The van der Waals surface area contributed by atoms with E-state index in [9.17, 15) is 0 Å². The Bertz CT molecular complexity index is 506. The summed E-state index contributed by atoms with van der Waals surface area (Å²) >= 11 is 0. The Labute approximate surface area is 107 Å². The number of ether oxygens (including phenoxy) is 2. The molecule has 0 amide bonds. The Hall–Kier alpha value is -0.800. The Morgan fingerprint density at radius 2 is 1.94 bits per heavy atom. The smallest absolute Gasteiger partial charge is 0.110 e. The molecule has 3 heteroatoms. The fourth-order valence-electron chi connectivity index (χ4n) is 3.45. The fourth-order valence-corrected chi connectivity index (χ4v) is 3.45. The number of aryl methyl sites for hydroxylation is 1. The first-order chi connectivity index (χ1) is 8.50. The summed E-state index contributed by atoms with van der Waals surface area (Å²) in [6, 6.07) is 0. The summed E-state index contributed by atoms with van der Waals surface area (Å²) in [5.41, 5.74) is 2.67. The van der Waals surface area contributed by atoms with Crippen molar-refractivity contribution in [2.45, 2.75) is 69.9 Å². The van der Waals surface area contributed by atoms with Crippen LogP contribution in [0.3, 0.4) is 0 Å². The molecule has 0 N–H and O–H groups in total. The van der Waals surface area contributed by atoms with Crippen LogP contribution in [0.4, 0.5) is 0 Å². The van der Waals surface area contributed by atoms with Crippen LogP contribution in [-0.4, -0.2) is 23.4 Å². The Morgan fingerprint density at radius 1 is 1.17 bits per heavy atom. The number of fused-ring (bicyclic) bond motifs is 3.